The van der Waals surface area contributed by atoms with E-state index in [9.17, 15) is 18.4 Å². The Kier molecular flexibility index (Phi) is 4.65. The topological polar surface area (TPSA) is 60.9 Å². The average Bonchev–Trinajstić information content (AvgIpc) is 2.27. The molecule has 0 saturated carbocycles. The molecule has 0 aromatic heterocycles. The van der Waals surface area contributed by atoms with Gasteiger partial charge in [-0.1, -0.05) is 0 Å². The summed E-state index contributed by atoms with van der Waals surface area (Å²) in [6, 6.07) is -0.531. The molecular weight excluding hydrogens is 234 g/mol. The minimum absolute atomic E-state index is 0.0990. The standard InChI is InChI=1S/C10H16F2N2O3/c1-13(6-8(11)12)10(17)14-4-2-3-7(5-14)9(15)16/h7-8H,2-6H2,1H3,(H,15,16). The number of aliphatic carboxylic acids is 1. The van der Waals surface area contributed by atoms with Crippen LogP contribution in [-0.4, -0.2) is 60.0 Å². The molecule has 5 nitrogen and oxygen atoms in total. The van der Waals surface area contributed by atoms with Crippen molar-refractivity contribution in [1.82, 2.24) is 9.80 Å². The van der Waals surface area contributed by atoms with E-state index in [0.717, 1.165) is 4.90 Å². The van der Waals surface area contributed by atoms with Crippen LogP contribution in [0, 0.1) is 5.92 Å². The van der Waals surface area contributed by atoms with E-state index in [1.165, 1.54) is 11.9 Å². The lowest BCUT2D eigenvalue weighted by Gasteiger charge is -2.33. The van der Waals surface area contributed by atoms with Crippen LogP contribution in [0.2, 0.25) is 0 Å². The Hall–Kier alpha value is -1.40. The molecule has 1 rings (SSSR count). The second kappa shape index (κ2) is 5.79. The number of hydrogen-bond donors (Lipinski definition) is 1. The zero-order valence-corrected chi connectivity index (χ0v) is 9.60. The third-order valence-electron chi connectivity index (χ3n) is 2.78. The van der Waals surface area contributed by atoms with Crippen LogP contribution in [0.25, 0.3) is 0 Å². The second-order valence-corrected chi connectivity index (χ2v) is 4.18. The van der Waals surface area contributed by atoms with E-state index in [1.807, 2.05) is 0 Å². The maximum Gasteiger partial charge on any atom is 0.319 e. The lowest BCUT2D eigenvalue weighted by atomic mass is 9.99. The van der Waals surface area contributed by atoms with Gasteiger partial charge < -0.3 is 14.9 Å². The van der Waals surface area contributed by atoms with Crippen LogP contribution in [0.3, 0.4) is 0 Å². The van der Waals surface area contributed by atoms with E-state index in [2.05, 4.69) is 0 Å². The normalized spacial score (nSPS) is 20.5. The second-order valence-electron chi connectivity index (χ2n) is 4.18. The molecule has 0 bridgehead atoms. The molecule has 0 spiro atoms. The molecule has 1 atom stereocenters. The molecule has 0 radical (unpaired) electrons. The highest BCUT2D eigenvalue weighted by Crippen LogP contribution is 2.17. The quantitative estimate of drug-likeness (QED) is 0.816. The summed E-state index contributed by atoms with van der Waals surface area (Å²) in [5, 5.41) is 8.85. The predicted molar refractivity (Wildman–Crippen MR) is 56.0 cm³/mol. The Morgan fingerprint density at radius 2 is 2.18 bits per heavy atom. The number of carboxylic acid groups (broad SMARTS) is 1. The van der Waals surface area contributed by atoms with Crippen molar-refractivity contribution in [1.29, 1.82) is 0 Å². The van der Waals surface area contributed by atoms with Crippen molar-refractivity contribution < 1.29 is 23.5 Å². The van der Waals surface area contributed by atoms with Gasteiger partial charge in [-0.2, -0.15) is 0 Å². The van der Waals surface area contributed by atoms with Gasteiger partial charge in [0.25, 0.3) is 6.43 Å². The summed E-state index contributed by atoms with van der Waals surface area (Å²) >= 11 is 0. The zero-order chi connectivity index (χ0) is 13.0. The van der Waals surface area contributed by atoms with E-state index < -0.39 is 30.9 Å². The highest BCUT2D eigenvalue weighted by Gasteiger charge is 2.30. The lowest BCUT2D eigenvalue weighted by molar-refractivity contribution is -0.143. The molecule has 1 N–H and O–H groups in total. The minimum atomic E-state index is -2.58. The van der Waals surface area contributed by atoms with Crippen LogP contribution in [-0.2, 0) is 4.79 Å². The molecule has 0 aromatic rings. The maximum absolute atomic E-state index is 12.1. The van der Waals surface area contributed by atoms with E-state index in [0.29, 0.717) is 19.4 Å². The Labute approximate surface area is 98.0 Å². The number of carbonyl (C=O) groups is 2. The molecule has 1 aliphatic rings. The van der Waals surface area contributed by atoms with Gasteiger partial charge in [-0.25, -0.2) is 13.6 Å². The maximum atomic E-state index is 12.1. The Morgan fingerprint density at radius 1 is 1.53 bits per heavy atom. The third-order valence-corrected chi connectivity index (χ3v) is 2.78. The summed E-state index contributed by atoms with van der Waals surface area (Å²) in [7, 11) is 1.29. The van der Waals surface area contributed by atoms with Crippen molar-refractivity contribution in [3.8, 4) is 0 Å². The van der Waals surface area contributed by atoms with E-state index in [-0.39, 0.29) is 6.54 Å². The molecule has 1 heterocycles. The van der Waals surface area contributed by atoms with Crippen molar-refractivity contribution in [3.05, 3.63) is 0 Å². The van der Waals surface area contributed by atoms with Crippen LogP contribution >= 0.6 is 0 Å². The van der Waals surface area contributed by atoms with Gasteiger partial charge in [-0.05, 0) is 12.8 Å². The molecule has 17 heavy (non-hydrogen) atoms. The van der Waals surface area contributed by atoms with E-state index in [1.54, 1.807) is 0 Å². The van der Waals surface area contributed by atoms with Crippen molar-refractivity contribution in [2.24, 2.45) is 5.92 Å². The van der Waals surface area contributed by atoms with Crippen molar-refractivity contribution in [3.63, 3.8) is 0 Å². The fourth-order valence-corrected chi connectivity index (χ4v) is 1.88. The number of likely N-dealkylation sites (tertiary alicyclic amines) is 1. The number of hydrogen-bond acceptors (Lipinski definition) is 2. The molecule has 0 aromatic carbocycles. The number of urea groups is 1. The number of carboxylic acids is 1. The number of rotatable bonds is 3. The summed E-state index contributed by atoms with van der Waals surface area (Å²) in [6.45, 7) is -0.106. The fourth-order valence-electron chi connectivity index (χ4n) is 1.88. The SMILES string of the molecule is CN(CC(F)F)C(=O)N1CCCC(C(=O)O)C1. The summed E-state index contributed by atoms with van der Waals surface area (Å²) < 4.78 is 24.2. The van der Waals surface area contributed by atoms with Crippen LogP contribution in [0.5, 0.6) is 0 Å². The Balaban J connectivity index is 2.54. The molecule has 1 saturated heterocycles. The Bertz CT molecular complexity index is 299. The van der Waals surface area contributed by atoms with Gasteiger partial charge >= 0.3 is 12.0 Å². The third kappa shape index (κ3) is 3.83. The van der Waals surface area contributed by atoms with Gasteiger partial charge in [0.2, 0.25) is 0 Å². The van der Waals surface area contributed by atoms with Crippen molar-refractivity contribution in [2.45, 2.75) is 19.3 Å². The summed E-state index contributed by atoms with van der Waals surface area (Å²) in [5.41, 5.74) is 0. The molecule has 0 aliphatic carbocycles. The highest BCUT2D eigenvalue weighted by molar-refractivity contribution is 5.76. The number of carbonyl (C=O) groups excluding carboxylic acids is 1. The van der Waals surface area contributed by atoms with E-state index in [4.69, 9.17) is 5.11 Å². The molecule has 2 amide bonds. The number of alkyl halides is 2. The van der Waals surface area contributed by atoms with Crippen molar-refractivity contribution in [2.75, 3.05) is 26.7 Å². The molecule has 7 heteroatoms. The largest absolute Gasteiger partial charge is 0.481 e. The van der Waals surface area contributed by atoms with Crippen LogP contribution in [0.15, 0.2) is 0 Å². The first-order valence-electron chi connectivity index (χ1n) is 5.42. The van der Waals surface area contributed by atoms with Crippen LogP contribution in [0.4, 0.5) is 13.6 Å². The molecule has 1 aliphatic heterocycles. The van der Waals surface area contributed by atoms with Crippen molar-refractivity contribution >= 4 is 12.0 Å². The number of amides is 2. The minimum Gasteiger partial charge on any atom is -0.481 e. The van der Waals surface area contributed by atoms with Crippen LogP contribution in [0.1, 0.15) is 12.8 Å². The van der Waals surface area contributed by atoms with Gasteiger partial charge in [0.05, 0.1) is 12.5 Å². The number of halogens is 2. The van der Waals surface area contributed by atoms with Gasteiger partial charge in [-0.15, -0.1) is 0 Å². The lowest BCUT2D eigenvalue weighted by Crippen LogP contribution is -2.48. The van der Waals surface area contributed by atoms with Gasteiger partial charge in [-0.3, -0.25) is 4.79 Å². The molecular formula is C10H16F2N2O3. The molecule has 1 fully saturated rings. The Morgan fingerprint density at radius 3 is 2.71 bits per heavy atom. The van der Waals surface area contributed by atoms with E-state index >= 15 is 0 Å². The highest BCUT2D eigenvalue weighted by atomic mass is 19.3. The number of piperidine rings is 1. The number of nitrogens with zero attached hydrogens (tertiary/aromatic N) is 2. The summed E-state index contributed by atoms with van der Waals surface area (Å²) in [4.78, 5) is 24.8. The zero-order valence-electron chi connectivity index (χ0n) is 9.60. The molecule has 1 unspecified atom stereocenters. The summed E-state index contributed by atoms with van der Waals surface area (Å²) in [6.07, 6.45) is -1.47. The van der Waals surface area contributed by atoms with Gasteiger partial charge in [0.15, 0.2) is 0 Å². The smallest absolute Gasteiger partial charge is 0.319 e. The van der Waals surface area contributed by atoms with Crippen LogP contribution < -0.4 is 0 Å². The van der Waals surface area contributed by atoms with Gasteiger partial charge in [0, 0.05) is 20.1 Å². The fraction of sp³-hybridized carbons (Fsp3) is 0.800. The predicted octanol–water partition coefficient (Wildman–Crippen LogP) is 1.10. The first-order valence-corrected chi connectivity index (χ1v) is 5.42. The summed E-state index contributed by atoms with van der Waals surface area (Å²) in [5.74, 6) is -1.54. The van der Waals surface area contributed by atoms with Gasteiger partial charge in [0.1, 0.15) is 0 Å². The molecule has 98 valence electrons. The monoisotopic (exact) mass is 250 g/mol. The first-order chi connectivity index (χ1) is 7.91. The average molecular weight is 250 g/mol. The first kappa shape index (κ1) is 13.7.